The summed E-state index contributed by atoms with van der Waals surface area (Å²) in [7, 11) is 1.60. The first-order chi connectivity index (χ1) is 9.15. The molecule has 1 aromatic rings. The van der Waals surface area contributed by atoms with Gasteiger partial charge in [-0.2, -0.15) is 0 Å². The van der Waals surface area contributed by atoms with Crippen LogP contribution in [-0.2, 0) is 4.79 Å². The number of ether oxygens (including phenoxy) is 1. The molecular formula is C12H13IN4O2. The van der Waals surface area contributed by atoms with E-state index in [1.807, 2.05) is 18.2 Å². The van der Waals surface area contributed by atoms with Crippen LogP contribution >= 0.6 is 22.6 Å². The Morgan fingerprint density at radius 3 is 3.11 bits per heavy atom. The molecule has 1 fully saturated rings. The Morgan fingerprint density at radius 2 is 2.42 bits per heavy atom. The van der Waals surface area contributed by atoms with Crippen molar-refractivity contribution in [3.63, 3.8) is 0 Å². The topological polar surface area (TPSA) is 78.3 Å². The number of methoxy groups -OCH3 is 1. The number of amides is 1. The van der Waals surface area contributed by atoms with Crippen molar-refractivity contribution in [2.24, 2.45) is 11.0 Å². The molecule has 0 radical (unpaired) electrons. The summed E-state index contributed by atoms with van der Waals surface area (Å²) >= 11 is 2.20. The van der Waals surface area contributed by atoms with Crippen molar-refractivity contribution in [3.05, 3.63) is 32.2 Å². The average molecular weight is 372 g/mol. The van der Waals surface area contributed by atoms with Crippen LogP contribution in [0.4, 0.5) is 5.69 Å². The van der Waals surface area contributed by atoms with Crippen molar-refractivity contribution in [3.8, 4) is 5.75 Å². The molecule has 6 nitrogen and oxygen atoms in total. The second kappa shape index (κ2) is 6.12. The van der Waals surface area contributed by atoms with Crippen molar-refractivity contribution >= 4 is 34.2 Å². The van der Waals surface area contributed by atoms with Crippen LogP contribution in [0.25, 0.3) is 10.4 Å². The molecular weight excluding hydrogens is 359 g/mol. The van der Waals surface area contributed by atoms with Gasteiger partial charge >= 0.3 is 0 Å². The molecule has 0 saturated carbocycles. The van der Waals surface area contributed by atoms with Crippen molar-refractivity contribution in [2.75, 3.05) is 25.1 Å². The first-order valence-corrected chi connectivity index (χ1v) is 6.88. The quantitative estimate of drug-likeness (QED) is 0.353. The van der Waals surface area contributed by atoms with Crippen LogP contribution in [0.3, 0.4) is 0 Å². The van der Waals surface area contributed by atoms with Gasteiger partial charge in [-0.3, -0.25) is 4.79 Å². The van der Waals surface area contributed by atoms with Gasteiger partial charge in [-0.15, -0.1) is 0 Å². The number of carbonyl (C=O) groups excluding carboxylic acids is 1. The lowest BCUT2D eigenvalue weighted by Gasteiger charge is -2.19. The maximum absolute atomic E-state index is 12.0. The third-order valence-electron chi connectivity index (χ3n) is 3.05. The lowest BCUT2D eigenvalue weighted by molar-refractivity contribution is -0.117. The van der Waals surface area contributed by atoms with Crippen molar-refractivity contribution < 1.29 is 9.53 Å². The average Bonchev–Trinajstić information content (AvgIpc) is 2.78. The second-order valence-corrected chi connectivity index (χ2v) is 5.47. The molecule has 0 N–H and O–H groups in total. The molecule has 1 atom stereocenters. The van der Waals surface area contributed by atoms with E-state index in [1.54, 1.807) is 12.0 Å². The zero-order chi connectivity index (χ0) is 13.8. The molecule has 1 aliphatic rings. The maximum atomic E-state index is 12.0. The van der Waals surface area contributed by atoms with Crippen molar-refractivity contribution in [1.29, 1.82) is 0 Å². The summed E-state index contributed by atoms with van der Waals surface area (Å²) in [4.78, 5) is 16.5. The second-order valence-electron chi connectivity index (χ2n) is 4.31. The zero-order valence-corrected chi connectivity index (χ0v) is 12.6. The Hall–Kier alpha value is -1.47. The summed E-state index contributed by atoms with van der Waals surface area (Å²) in [5.41, 5.74) is 9.18. The van der Waals surface area contributed by atoms with Gasteiger partial charge in [0.2, 0.25) is 5.91 Å². The van der Waals surface area contributed by atoms with Crippen LogP contribution in [0.2, 0.25) is 0 Å². The van der Waals surface area contributed by atoms with Crippen molar-refractivity contribution in [1.82, 2.24) is 0 Å². The molecule has 0 aromatic heterocycles. The maximum Gasteiger partial charge on any atom is 0.227 e. The molecule has 1 saturated heterocycles. The van der Waals surface area contributed by atoms with Gasteiger partial charge in [-0.1, -0.05) is 5.11 Å². The first-order valence-electron chi connectivity index (χ1n) is 5.80. The van der Waals surface area contributed by atoms with Gasteiger partial charge in [0.15, 0.2) is 0 Å². The zero-order valence-electron chi connectivity index (χ0n) is 10.4. The first kappa shape index (κ1) is 14.0. The summed E-state index contributed by atoms with van der Waals surface area (Å²) in [6.07, 6.45) is 0.423. The predicted octanol–water partition coefficient (Wildman–Crippen LogP) is 2.96. The van der Waals surface area contributed by atoms with E-state index in [4.69, 9.17) is 10.3 Å². The predicted molar refractivity (Wildman–Crippen MR) is 80.2 cm³/mol. The fraction of sp³-hybridized carbons (Fsp3) is 0.417. The number of anilines is 1. The number of nitrogens with zero attached hydrogens (tertiary/aromatic N) is 4. The monoisotopic (exact) mass is 372 g/mol. The molecule has 1 unspecified atom stereocenters. The minimum Gasteiger partial charge on any atom is -0.497 e. The van der Waals surface area contributed by atoms with E-state index in [9.17, 15) is 4.79 Å². The normalized spacial score (nSPS) is 18.3. The van der Waals surface area contributed by atoms with E-state index < -0.39 is 0 Å². The van der Waals surface area contributed by atoms with Crippen LogP contribution in [0.5, 0.6) is 5.75 Å². The lowest BCUT2D eigenvalue weighted by atomic mass is 10.1. The van der Waals surface area contributed by atoms with Crippen LogP contribution in [0.1, 0.15) is 6.42 Å². The Bertz CT molecular complexity index is 543. The molecule has 1 heterocycles. The Morgan fingerprint density at radius 1 is 1.63 bits per heavy atom. The summed E-state index contributed by atoms with van der Waals surface area (Å²) in [5, 5.41) is 3.55. The molecule has 1 aliphatic heterocycles. The fourth-order valence-electron chi connectivity index (χ4n) is 2.11. The van der Waals surface area contributed by atoms with Crippen LogP contribution < -0.4 is 9.64 Å². The van der Waals surface area contributed by atoms with Gasteiger partial charge < -0.3 is 9.64 Å². The van der Waals surface area contributed by atoms with E-state index in [1.165, 1.54) is 0 Å². The smallest absolute Gasteiger partial charge is 0.227 e. The molecule has 19 heavy (non-hydrogen) atoms. The highest BCUT2D eigenvalue weighted by atomic mass is 127. The number of hydrogen-bond donors (Lipinski definition) is 0. The molecule has 100 valence electrons. The van der Waals surface area contributed by atoms with E-state index in [-0.39, 0.29) is 11.8 Å². The minimum absolute atomic E-state index is 0.0595. The Balaban J connectivity index is 2.22. The van der Waals surface area contributed by atoms with E-state index >= 15 is 0 Å². The number of azide groups is 1. The third-order valence-corrected chi connectivity index (χ3v) is 3.96. The SMILES string of the molecule is COc1ccc(I)c(N2CC(CN=[N+]=[N-])CC2=O)c1. The van der Waals surface area contributed by atoms with Gasteiger partial charge in [0, 0.05) is 34.1 Å². The molecule has 7 heteroatoms. The van der Waals surface area contributed by atoms with Gasteiger partial charge in [0.05, 0.1) is 12.8 Å². The molecule has 1 aromatic carbocycles. The molecule has 1 amide bonds. The van der Waals surface area contributed by atoms with Crippen LogP contribution in [0.15, 0.2) is 23.3 Å². The molecule has 0 spiro atoms. The minimum atomic E-state index is 0.0595. The van der Waals surface area contributed by atoms with Crippen molar-refractivity contribution in [2.45, 2.75) is 6.42 Å². The molecule has 2 rings (SSSR count). The number of halogens is 1. The third kappa shape index (κ3) is 3.10. The van der Waals surface area contributed by atoms with E-state index in [2.05, 4.69) is 32.6 Å². The number of benzene rings is 1. The Labute approximate surface area is 124 Å². The summed E-state index contributed by atoms with van der Waals surface area (Å²) in [5.74, 6) is 0.872. The van der Waals surface area contributed by atoms with Crippen LogP contribution in [-0.4, -0.2) is 26.1 Å². The lowest BCUT2D eigenvalue weighted by Crippen LogP contribution is -2.25. The Kier molecular flexibility index (Phi) is 4.49. The van der Waals surface area contributed by atoms with Gasteiger partial charge in [-0.05, 0) is 46.2 Å². The van der Waals surface area contributed by atoms with Gasteiger partial charge in [-0.25, -0.2) is 0 Å². The molecule has 0 aliphatic carbocycles. The number of rotatable bonds is 4. The largest absolute Gasteiger partial charge is 0.497 e. The highest BCUT2D eigenvalue weighted by Crippen LogP contribution is 2.32. The summed E-state index contributed by atoms with van der Waals surface area (Å²) < 4.78 is 6.18. The highest BCUT2D eigenvalue weighted by molar-refractivity contribution is 14.1. The summed E-state index contributed by atoms with van der Waals surface area (Å²) in [6.45, 7) is 0.945. The van der Waals surface area contributed by atoms with E-state index in [0.717, 1.165) is 15.0 Å². The highest BCUT2D eigenvalue weighted by Gasteiger charge is 2.31. The standard InChI is InChI=1S/C12H13IN4O2/c1-19-9-2-3-10(13)11(5-9)17-7-8(4-12(17)18)6-15-16-14/h2-3,5,8H,4,6-7H2,1H3. The number of carbonyl (C=O) groups is 1. The van der Waals surface area contributed by atoms with Gasteiger partial charge in [0.25, 0.3) is 0 Å². The van der Waals surface area contributed by atoms with E-state index in [0.29, 0.717) is 19.5 Å². The summed E-state index contributed by atoms with van der Waals surface area (Å²) in [6, 6.07) is 5.64. The fourth-order valence-corrected chi connectivity index (χ4v) is 2.74. The van der Waals surface area contributed by atoms with Crippen LogP contribution in [0, 0.1) is 9.49 Å². The number of hydrogen-bond acceptors (Lipinski definition) is 3. The van der Waals surface area contributed by atoms with Gasteiger partial charge in [0.1, 0.15) is 5.75 Å². The molecule has 0 bridgehead atoms.